The van der Waals surface area contributed by atoms with Crippen LogP contribution in [0.25, 0.3) is 0 Å². The lowest BCUT2D eigenvalue weighted by atomic mass is 10.2. The van der Waals surface area contributed by atoms with Crippen LogP contribution in [-0.4, -0.2) is 30.8 Å². The predicted molar refractivity (Wildman–Crippen MR) is 63.6 cm³/mol. The zero-order valence-corrected chi connectivity index (χ0v) is 10.6. The van der Waals surface area contributed by atoms with Gasteiger partial charge in [0.25, 0.3) is 0 Å². The first-order chi connectivity index (χ1) is 7.54. The minimum absolute atomic E-state index is 0.203. The number of benzene rings is 1. The molecule has 86 valence electrons. The second-order valence-electron chi connectivity index (χ2n) is 2.81. The Morgan fingerprint density at radius 3 is 2.69 bits per heavy atom. The van der Waals surface area contributed by atoms with Gasteiger partial charge in [-0.05, 0) is 40.8 Å². The molecule has 0 bridgehead atoms. The standard InChI is InChI=1S/C10H9IO5/c1-15-10(14)7-4-6(11)2-3-8(7)16-5-9(12)13/h2-4H,5H2,1H3,(H,12,13). The van der Waals surface area contributed by atoms with Gasteiger partial charge in [-0.2, -0.15) is 0 Å². The number of esters is 1. The van der Waals surface area contributed by atoms with Gasteiger partial charge in [-0.3, -0.25) is 0 Å². The molecule has 0 amide bonds. The first-order valence-corrected chi connectivity index (χ1v) is 5.35. The Hall–Kier alpha value is -1.31. The molecule has 1 rings (SSSR count). The number of methoxy groups -OCH3 is 1. The van der Waals surface area contributed by atoms with Crippen molar-refractivity contribution < 1.29 is 24.2 Å². The lowest BCUT2D eigenvalue weighted by Crippen LogP contribution is -2.12. The zero-order chi connectivity index (χ0) is 12.1. The lowest BCUT2D eigenvalue weighted by Gasteiger charge is -2.08. The maximum atomic E-state index is 11.4. The van der Waals surface area contributed by atoms with Gasteiger partial charge in [0.1, 0.15) is 11.3 Å². The molecule has 0 atom stereocenters. The molecule has 0 spiro atoms. The number of carbonyl (C=O) groups is 2. The molecule has 16 heavy (non-hydrogen) atoms. The summed E-state index contributed by atoms with van der Waals surface area (Å²) in [7, 11) is 1.25. The van der Waals surface area contributed by atoms with E-state index in [0.717, 1.165) is 3.57 Å². The molecule has 0 radical (unpaired) electrons. The van der Waals surface area contributed by atoms with E-state index in [4.69, 9.17) is 9.84 Å². The Kier molecular flexibility index (Phi) is 4.53. The highest BCUT2D eigenvalue weighted by Crippen LogP contribution is 2.22. The minimum Gasteiger partial charge on any atom is -0.481 e. The van der Waals surface area contributed by atoms with Crippen LogP contribution in [0.2, 0.25) is 0 Å². The van der Waals surface area contributed by atoms with Crippen LogP contribution >= 0.6 is 22.6 Å². The molecule has 0 saturated heterocycles. The van der Waals surface area contributed by atoms with E-state index in [1.165, 1.54) is 13.2 Å². The summed E-state index contributed by atoms with van der Waals surface area (Å²) >= 11 is 2.03. The summed E-state index contributed by atoms with van der Waals surface area (Å²) in [6.45, 7) is -0.495. The van der Waals surface area contributed by atoms with Crippen molar-refractivity contribution in [3.63, 3.8) is 0 Å². The van der Waals surface area contributed by atoms with E-state index < -0.39 is 18.5 Å². The summed E-state index contributed by atoms with van der Waals surface area (Å²) in [6, 6.07) is 4.82. The third-order valence-electron chi connectivity index (χ3n) is 1.70. The van der Waals surface area contributed by atoms with Gasteiger partial charge < -0.3 is 14.6 Å². The minimum atomic E-state index is -1.10. The van der Waals surface area contributed by atoms with Crippen LogP contribution < -0.4 is 4.74 Å². The molecule has 1 aromatic carbocycles. The molecule has 0 fully saturated rings. The third kappa shape index (κ3) is 3.37. The molecular formula is C10H9IO5. The van der Waals surface area contributed by atoms with E-state index in [0.29, 0.717) is 0 Å². The summed E-state index contributed by atoms with van der Waals surface area (Å²) in [6.07, 6.45) is 0. The molecule has 5 nitrogen and oxygen atoms in total. The van der Waals surface area contributed by atoms with Crippen LogP contribution in [0.3, 0.4) is 0 Å². The molecule has 1 aromatic rings. The van der Waals surface area contributed by atoms with Crippen molar-refractivity contribution in [2.24, 2.45) is 0 Å². The van der Waals surface area contributed by atoms with E-state index >= 15 is 0 Å². The second kappa shape index (κ2) is 5.69. The van der Waals surface area contributed by atoms with Gasteiger partial charge in [0.05, 0.1) is 7.11 Å². The molecule has 0 heterocycles. The molecule has 0 unspecified atom stereocenters. The van der Waals surface area contributed by atoms with Crippen LogP contribution in [0.15, 0.2) is 18.2 Å². The average molecular weight is 336 g/mol. The van der Waals surface area contributed by atoms with Crippen molar-refractivity contribution in [2.45, 2.75) is 0 Å². The largest absolute Gasteiger partial charge is 0.481 e. The van der Waals surface area contributed by atoms with Crippen LogP contribution in [0.1, 0.15) is 10.4 Å². The fraction of sp³-hybridized carbons (Fsp3) is 0.200. The number of ether oxygens (including phenoxy) is 2. The smallest absolute Gasteiger partial charge is 0.341 e. The second-order valence-corrected chi connectivity index (χ2v) is 4.06. The Bertz CT molecular complexity index is 416. The SMILES string of the molecule is COC(=O)c1cc(I)ccc1OCC(=O)O. The highest BCUT2D eigenvalue weighted by molar-refractivity contribution is 14.1. The monoisotopic (exact) mass is 336 g/mol. The number of rotatable bonds is 4. The van der Waals surface area contributed by atoms with Gasteiger partial charge in [0, 0.05) is 3.57 Å². The Labute approximate surface area is 105 Å². The molecule has 0 aliphatic carbocycles. The number of halogens is 1. The number of hydrogen-bond donors (Lipinski definition) is 1. The van der Waals surface area contributed by atoms with Gasteiger partial charge in [0.15, 0.2) is 6.61 Å². The number of carbonyl (C=O) groups excluding carboxylic acids is 1. The van der Waals surface area contributed by atoms with E-state index in [1.54, 1.807) is 12.1 Å². The molecule has 6 heteroatoms. The summed E-state index contributed by atoms with van der Waals surface area (Å²) < 4.78 is 10.4. The first-order valence-electron chi connectivity index (χ1n) is 4.27. The summed E-state index contributed by atoms with van der Waals surface area (Å²) in [5, 5.41) is 8.47. The van der Waals surface area contributed by atoms with Crippen LogP contribution in [-0.2, 0) is 9.53 Å². The van der Waals surface area contributed by atoms with Crippen molar-refractivity contribution in [1.29, 1.82) is 0 Å². The lowest BCUT2D eigenvalue weighted by molar-refractivity contribution is -0.139. The molecule has 0 aliphatic rings. The molecule has 0 aliphatic heterocycles. The normalized spacial score (nSPS) is 9.62. The van der Waals surface area contributed by atoms with E-state index in [2.05, 4.69) is 4.74 Å². The molecule has 0 saturated carbocycles. The molecular weight excluding hydrogens is 327 g/mol. The van der Waals surface area contributed by atoms with Crippen molar-refractivity contribution in [3.8, 4) is 5.75 Å². The highest BCUT2D eigenvalue weighted by atomic mass is 127. The summed E-state index contributed by atoms with van der Waals surface area (Å²) in [5.74, 6) is -1.46. The fourth-order valence-corrected chi connectivity index (χ4v) is 1.53. The maximum absolute atomic E-state index is 11.4. The van der Waals surface area contributed by atoms with Crippen LogP contribution in [0.4, 0.5) is 0 Å². The van der Waals surface area contributed by atoms with Crippen molar-refractivity contribution >= 4 is 34.5 Å². The van der Waals surface area contributed by atoms with Gasteiger partial charge in [0.2, 0.25) is 0 Å². The van der Waals surface area contributed by atoms with Crippen molar-refractivity contribution in [2.75, 3.05) is 13.7 Å². The summed E-state index contributed by atoms with van der Waals surface area (Å²) in [4.78, 5) is 21.7. The van der Waals surface area contributed by atoms with E-state index in [9.17, 15) is 9.59 Å². The molecule has 1 N–H and O–H groups in total. The Morgan fingerprint density at radius 1 is 1.44 bits per heavy atom. The number of hydrogen-bond acceptors (Lipinski definition) is 4. The van der Waals surface area contributed by atoms with Gasteiger partial charge in [-0.25, -0.2) is 9.59 Å². The highest BCUT2D eigenvalue weighted by Gasteiger charge is 2.14. The number of aliphatic carboxylic acids is 1. The fourth-order valence-electron chi connectivity index (χ4n) is 1.04. The zero-order valence-electron chi connectivity index (χ0n) is 8.40. The van der Waals surface area contributed by atoms with Gasteiger partial charge >= 0.3 is 11.9 Å². The average Bonchev–Trinajstić information content (AvgIpc) is 2.26. The third-order valence-corrected chi connectivity index (χ3v) is 2.37. The maximum Gasteiger partial charge on any atom is 0.341 e. The van der Waals surface area contributed by atoms with Crippen LogP contribution in [0.5, 0.6) is 5.75 Å². The van der Waals surface area contributed by atoms with Gasteiger partial charge in [-0.15, -0.1) is 0 Å². The topological polar surface area (TPSA) is 72.8 Å². The van der Waals surface area contributed by atoms with E-state index in [1.807, 2.05) is 22.6 Å². The van der Waals surface area contributed by atoms with Crippen molar-refractivity contribution in [1.82, 2.24) is 0 Å². The molecule has 0 aromatic heterocycles. The quantitative estimate of drug-likeness (QED) is 0.667. The Morgan fingerprint density at radius 2 is 2.12 bits per heavy atom. The van der Waals surface area contributed by atoms with Gasteiger partial charge in [-0.1, -0.05) is 0 Å². The van der Waals surface area contributed by atoms with E-state index in [-0.39, 0.29) is 11.3 Å². The number of carboxylic acids is 1. The van der Waals surface area contributed by atoms with Crippen molar-refractivity contribution in [3.05, 3.63) is 27.3 Å². The first kappa shape index (κ1) is 12.8. The predicted octanol–water partition coefficient (Wildman–Crippen LogP) is 1.54. The summed E-state index contributed by atoms with van der Waals surface area (Å²) in [5.41, 5.74) is 0.218. The number of carboxylic acid groups (broad SMARTS) is 1. The van der Waals surface area contributed by atoms with Crippen LogP contribution in [0, 0.1) is 3.57 Å². The Balaban J connectivity index is 2.98.